The fraction of sp³-hybridized carbons (Fsp3) is 0.310. The van der Waals surface area contributed by atoms with Crippen LogP contribution in [-0.4, -0.2) is 32.1 Å². The van der Waals surface area contributed by atoms with Gasteiger partial charge in [0.15, 0.2) is 0 Å². The molecule has 0 radical (unpaired) electrons. The molecule has 0 bridgehead atoms. The molecule has 0 saturated carbocycles. The lowest BCUT2D eigenvalue weighted by atomic mass is 9.89. The van der Waals surface area contributed by atoms with Crippen molar-refractivity contribution in [1.29, 1.82) is 0 Å². The van der Waals surface area contributed by atoms with E-state index < -0.39 is 0 Å². The topological polar surface area (TPSA) is 12.5 Å². The maximum Gasteiger partial charge on any atom is 0.119 e. The summed E-state index contributed by atoms with van der Waals surface area (Å²) in [5, 5.41) is 0. The van der Waals surface area contributed by atoms with Crippen molar-refractivity contribution in [2.75, 3.05) is 27.2 Å². The van der Waals surface area contributed by atoms with Gasteiger partial charge in [0.25, 0.3) is 0 Å². The van der Waals surface area contributed by atoms with E-state index in [2.05, 4.69) is 112 Å². The van der Waals surface area contributed by atoms with Crippen molar-refractivity contribution in [2.45, 2.75) is 33.1 Å². The number of aryl methyl sites for hydroxylation is 2. The maximum absolute atomic E-state index is 5.90. The highest BCUT2D eigenvalue weighted by Crippen LogP contribution is 2.32. The third-order valence-electron chi connectivity index (χ3n) is 5.59. The predicted molar refractivity (Wildman–Crippen MR) is 133 cm³/mol. The second-order valence-electron chi connectivity index (χ2n) is 8.36. The Morgan fingerprint density at radius 3 is 2.19 bits per heavy atom. The number of hydrogen-bond donors (Lipinski definition) is 0. The van der Waals surface area contributed by atoms with Crippen LogP contribution < -0.4 is 4.74 Å². The molecule has 0 aliphatic carbocycles. The molecule has 0 fully saturated rings. The summed E-state index contributed by atoms with van der Waals surface area (Å²) in [7, 11) is 4.12. The van der Waals surface area contributed by atoms with Gasteiger partial charge in [-0.05, 0) is 74.7 Å². The molecule has 162 valence electrons. The minimum absolute atomic E-state index is 0.699. The molecule has 2 heteroatoms. The quantitative estimate of drug-likeness (QED) is 0.363. The number of rotatable bonds is 10. The molecule has 0 aliphatic rings. The van der Waals surface area contributed by atoms with E-state index in [-0.39, 0.29) is 0 Å². The van der Waals surface area contributed by atoms with Crippen molar-refractivity contribution in [3.05, 3.63) is 107 Å². The molecule has 3 aromatic rings. The predicted octanol–water partition coefficient (Wildman–Crippen LogP) is 6.78. The van der Waals surface area contributed by atoms with Crippen LogP contribution in [0, 0.1) is 6.92 Å². The average Bonchev–Trinajstić information content (AvgIpc) is 2.78. The summed E-state index contributed by atoms with van der Waals surface area (Å²) >= 11 is 0. The standard InChI is InChI=1S/C29H35NO/c1-5-25(15-14-24-11-9-10-23(2)22-24)29(26-12-7-6-8-13-26)27-16-18-28(19-17-27)31-21-20-30(3)4/h6-13,16-19,22H,5,14-15,20-21H2,1-4H3/b29-25-. The van der Waals surface area contributed by atoms with E-state index in [0.29, 0.717) is 6.61 Å². The van der Waals surface area contributed by atoms with Crippen LogP contribution >= 0.6 is 0 Å². The lowest BCUT2D eigenvalue weighted by Crippen LogP contribution is -2.19. The first-order valence-corrected chi connectivity index (χ1v) is 11.3. The molecule has 0 aliphatic heterocycles. The molecule has 31 heavy (non-hydrogen) atoms. The average molecular weight is 414 g/mol. The van der Waals surface area contributed by atoms with E-state index in [9.17, 15) is 0 Å². The Bertz CT molecular complexity index is 971. The van der Waals surface area contributed by atoms with Crippen LogP contribution in [0.2, 0.25) is 0 Å². The Morgan fingerprint density at radius 2 is 1.55 bits per heavy atom. The van der Waals surface area contributed by atoms with Gasteiger partial charge in [-0.25, -0.2) is 0 Å². The Hall–Kier alpha value is -2.84. The maximum atomic E-state index is 5.90. The fourth-order valence-electron chi connectivity index (χ4n) is 3.89. The van der Waals surface area contributed by atoms with Crippen LogP contribution in [0.15, 0.2) is 84.4 Å². The highest BCUT2D eigenvalue weighted by molar-refractivity contribution is 5.82. The molecule has 3 aromatic carbocycles. The third-order valence-corrected chi connectivity index (χ3v) is 5.59. The number of likely N-dealkylation sites (N-methyl/N-ethyl adjacent to an activating group) is 1. The highest BCUT2D eigenvalue weighted by Gasteiger charge is 2.12. The minimum Gasteiger partial charge on any atom is -0.492 e. The van der Waals surface area contributed by atoms with Crippen LogP contribution in [0.3, 0.4) is 0 Å². The molecule has 0 unspecified atom stereocenters. The monoisotopic (exact) mass is 413 g/mol. The summed E-state index contributed by atoms with van der Waals surface area (Å²) in [6.07, 6.45) is 3.16. The van der Waals surface area contributed by atoms with E-state index in [1.165, 1.54) is 33.4 Å². The third kappa shape index (κ3) is 6.83. The summed E-state index contributed by atoms with van der Waals surface area (Å²) in [4.78, 5) is 2.13. The first-order valence-electron chi connectivity index (χ1n) is 11.3. The van der Waals surface area contributed by atoms with Crippen molar-refractivity contribution in [3.63, 3.8) is 0 Å². The largest absolute Gasteiger partial charge is 0.492 e. The van der Waals surface area contributed by atoms with Crippen molar-refractivity contribution in [1.82, 2.24) is 4.90 Å². The first-order chi connectivity index (χ1) is 15.1. The van der Waals surface area contributed by atoms with Gasteiger partial charge in [0.05, 0.1) is 0 Å². The zero-order valence-corrected chi connectivity index (χ0v) is 19.4. The van der Waals surface area contributed by atoms with Crippen molar-refractivity contribution < 1.29 is 4.74 Å². The zero-order chi connectivity index (χ0) is 22.1. The molecule has 0 aromatic heterocycles. The van der Waals surface area contributed by atoms with Gasteiger partial charge >= 0.3 is 0 Å². The number of ether oxygens (including phenoxy) is 1. The van der Waals surface area contributed by atoms with Crippen LogP contribution in [0.5, 0.6) is 5.75 Å². The lowest BCUT2D eigenvalue weighted by Gasteiger charge is -2.17. The lowest BCUT2D eigenvalue weighted by molar-refractivity contribution is 0.261. The molecule has 0 spiro atoms. The Labute approximate surface area is 188 Å². The Kier molecular flexibility index (Phi) is 8.49. The Balaban J connectivity index is 1.88. The smallest absolute Gasteiger partial charge is 0.119 e. The first kappa shape index (κ1) is 22.8. The molecular formula is C29H35NO. The van der Waals surface area contributed by atoms with Crippen molar-refractivity contribution in [3.8, 4) is 5.75 Å². The molecule has 0 N–H and O–H groups in total. The summed E-state index contributed by atoms with van der Waals surface area (Å²) in [6, 6.07) is 28.3. The fourth-order valence-corrected chi connectivity index (χ4v) is 3.89. The van der Waals surface area contributed by atoms with E-state index in [1.54, 1.807) is 0 Å². The molecule has 0 amide bonds. The number of benzene rings is 3. The van der Waals surface area contributed by atoms with Crippen LogP contribution in [0.4, 0.5) is 0 Å². The SMILES string of the molecule is CC/C(CCc1cccc(C)c1)=C(\c1ccccc1)c1ccc(OCCN(C)C)cc1. The summed E-state index contributed by atoms with van der Waals surface area (Å²) in [5.41, 5.74) is 8.12. The molecule has 0 saturated heterocycles. The van der Waals surface area contributed by atoms with Gasteiger partial charge in [0.2, 0.25) is 0 Å². The molecule has 3 rings (SSSR count). The van der Waals surface area contributed by atoms with Gasteiger partial charge < -0.3 is 9.64 Å². The number of allylic oxidation sites excluding steroid dienone is 1. The molecule has 0 heterocycles. The Morgan fingerprint density at radius 1 is 0.839 bits per heavy atom. The highest BCUT2D eigenvalue weighted by atomic mass is 16.5. The van der Waals surface area contributed by atoms with Gasteiger partial charge in [-0.15, -0.1) is 0 Å². The minimum atomic E-state index is 0.699. The second-order valence-corrected chi connectivity index (χ2v) is 8.36. The second kappa shape index (κ2) is 11.5. The van der Waals surface area contributed by atoms with Crippen LogP contribution in [0.25, 0.3) is 5.57 Å². The normalized spacial score (nSPS) is 12.0. The molecule has 2 nitrogen and oxygen atoms in total. The van der Waals surface area contributed by atoms with E-state index >= 15 is 0 Å². The number of hydrogen-bond acceptors (Lipinski definition) is 2. The van der Waals surface area contributed by atoms with Gasteiger partial charge in [-0.3, -0.25) is 0 Å². The van der Waals surface area contributed by atoms with Gasteiger partial charge in [0, 0.05) is 6.54 Å². The summed E-state index contributed by atoms with van der Waals surface area (Å²) in [6.45, 7) is 6.05. The van der Waals surface area contributed by atoms with Gasteiger partial charge in [-0.2, -0.15) is 0 Å². The van der Waals surface area contributed by atoms with Gasteiger partial charge in [-0.1, -0.05) is 84.8 Å². The number of nitrogens with zero attached hydrogens (tertiary/aromatic N) is 1. The van der Waals surface area contributed by atoms with Crippen molar-refractivity contribution in [2.24, 2.45) is 0 Å². The van der Waals surface area contributed by atoms with Gasteiger partial charge in [0.1, 0.15) is 12.4 Å². The zero-order valence-electron chi connectivity index (χ0n) is 19.4. The summed E-state index contributed by atoms with van der Waals surface area (Å²) < 4.78 is 5.90. The van der Waals surface area contributed by atoms with Crippen molar-refractivity contribution >= 4 is 5.57 Å². The van der Waals surface area contributed by atoms with E-state index in [1.807, 2.05) is 0 Å². The van der Waals surface area contributed by atoms with E-state index in [0.717, 1.165) is 31.6 Å². The molecular weight excluding hydrogens is 378 g/mol. The van der Waals surface area contributed by atoms with Crippen LogP contribution in [0.1, 0.15) is 42.0 Å². The van der Waals surface area contributed by atoms with E-state index in [4.69, 9.17) is 4.74 Å². The van der Waals surface area contributed by atoms with Crippen LogP contribution in [-0.2, 0) is 6.42 Å². The summed E-state index contributed by atoms with van der Waals surface area (Å²) in [5.74, 6) is 0.927. The molecule has 0 atom stereocenters.